The Morgan fingerprint density at radius 2 is 2.27 bits per heavy atom. The summed E-state index contributed by atoms with van der Waals surface area (Å²) in [6, 6.07) is 7.78. The molecule has 1 aliphatic heterocycles. The number of carbonyl (C=O) groups is 1. The van der Waals surface area contributed by atoms with Crippen LogP contribution in [0.15, 0.2) is 44.7 Å². The molecule has 0 N–H and O–H groups in total. The van der Waals surface area contributed by atoms with Crippen LogP contribution in [-0.4, -0.2) is 22.3 Å². The van der Waals surface area contributed by atoms with Gasteiger partial charge in [-0.05, 0) is 49.3 Å². The number of aryl methyl sites for hydroxylation is 1. The lowest BCUT2D eigenvalue weighted by atomic mass is 9.90. The highest BCUT2D eigenvalue weighted by Crippen LogP contribution is 2.35. The van der Waals surface area contributed by atoms with E-state index in [4.69, 9.17) is 8.83 Å². The van der Waals surface area contributed by atoms with Crippen LogP contribution in [0.5, 0.6) is 0 Å². The van der Waals surface area contributed by atoms with E-state index < -0.39 is 0 Å². The van der Waals surface area contributed by atoms with Gasteiger partial charge in [0.05, 0.1) is 29.3 Å². The number of likely N-dealkylation sites (tertiary alicyclic amines) is 1. The van der Waals surface area contributed by atoms with Gasteiger partial charge in [-0.1, -0.05) is 13.0 Å². The lowest BCUT2D eigenvalue weighted by Gasteiger charge is -2.37. The minimum Gasteiger partial charge on any atom is -0.467 e. The molecule has 1 aliphatic rings. The van der Waals surface area contributed by atoms with Crippen LogP contribution in [0.2, 0.25) is 0 Å². The van der Waals surface area contributed by atoms with Crippen LogP contribution in [0.3, 0.4) is 0 Å². The third kappa shape index (κ3) is 3.33. The third-order valence-electron chi connectivity index (χ3n) is 5.00. The predicted molar refractivity (Wildman–Crippen MR) is 99.8 cm³/mol. The highest BCUT2D eigenvalue weighted by atomic mass is 32.1. The maximum Gasteiger partial charge on any atom is 0.236 e. The minimum absolute atomic E-state index is 0.00484. The van der Waals surface area contributed by atoms with Crippen LogP contribution in [0, 0.1) is 12.8 Å². The van der Waals surface area contributed by atoms with E-state index in [1.54, 1.807) is 17.6 Å². The first-order chi connectivity index (χ1) is 12.6. The van der Waals surface area contributed by atoms with Gasteiger partial charge in [-0.3, -0.25) is 4.79 Å². The van der Waals surface area contributed by atoms with Crippen LogP contribution >= 0.6 is 11.3 Å². The maximum absolute atomic E-state index is 13.0. The zero-order chi connectivity index (χ0) is 18.1. The molecular weight excluding hydrogens is 348 g/mol. The van der Waals surface area contributed by atoms with E-state index in [9.17, 15) is 4.79 Å². The van der Waals surface area contributed by atoms with Crippen molar-refractivity contribution in [1.29, 1.82) is 0 Å². The number of rotatable bonds is 4. The molecule has 3 aromatic heterocycles. The number of furan rings is 1. The molecule has 1 saturated heterocycles. The number of hydrogen-bond acceptors (Lipinski definition) is 5. The number of piperidine rings is 1. The van der Waals surface area contributed by atoms with Gasteiger partial charge in [0.1, 0.15) is 11.5 Å². The second-order valence-electron chi connectivity index (χ2n) is 6.92. The van der Waals surface area contributed by atoms with Crippen molar-refractivity contribution in [3.63, 3.8) is 0 Å². The highest BCUT2D eigenvalue weighted by Gasteiger charge is 2.33. The van der Waals surface area contributed by atoms with Crippen molar-refractivity contribution in [2.45, 2.75) is 39.2 Å². The number of hydrogen-bond donors (Lipinski definition) is 0. The fourth-order valence-electron chi connectivity index (χ4n) is 3.53. The van der Waals surface area contributed by atoms with Crippen LogP contribution in [0.25, 0.3) is 10.8 Å². The van der Waals surface area contributed by atoms with Crippen LogP contribution in [0.1, 0.15) is 43.0 Å². The lowest BCUT2D eigenvalue weighted by Crippen LogP contribution is -2.41. The summed E-state index contributed by atoms with van der Waals surface area (Å²) in [5.74, 6) is 2.82. The van der Waals surface area contributed by atoms with Crippen LogP contribution in [0.4, 0.5) is 0 Å². The molecule has 0 aromatic carbocycles. The summed E-state index contributed by atoms with van der Waals surface area (Å²) in [6.45, 7) is 4.85. The van der Waals surface area contributed by atoms with E-state index in [0.29, 0.717) is 17.6 Å². The number of thiophene rings is 1. The first kappa shape index (κ1) is 17.1. The molecule has 0 saturated carbocycles. The average Bonchev–Trinajstić information content (AvgIpc) is 3.37. The molecule has 0 radical (unpaired) electrons. The molecule has 1 fully saturated rings. The molecule has 1 amide bonds. The van der Waals surface area contributed by atoms with E-state index in [1.165, 1.54) is 0 Å². The molecular formula is C20H22N2O3S. The van der Waals surface area contributed by atoms with Gasteiger partial charge in [0.15, 0.2) is 0 Å². The summed E-state index contributed by atoms with van der Waals surface area (Å²) in [5.41, 5.74) is 0.718. The zero-order valence-corrected chi connectivity index (χ0v) is 15.8. The number of oxazole rings is 1. The smallest absolute Gasteiger partial charge is 0.236 e. The molecule has 0 aliphatic carbocycles. The lowest BCUT2D eigenvalue weighted by molar-refractivity contribution is -0.135. The van der Waals surface area contributed by atoms with Crippen LogP contribution < -0.4 is 0 Å². The Bertz CT molecular complexity index is 867. The molecule has 6 heteroatoms. The molecule has 26 heavy (non-hydrogen) atoms. The predicted octanol–water partition coefficient (Wildman–Crippen LogP) is 4.85. The Morgan fingerprint density at radius 3 is 3.00 bits per heavy atom. The molecule has 4 heterocycles. The average molecular weight is 370 g/mol. The maximum atomic E-state index is 13.0. The monoisotopic (exact) mass is 370 g/mol. The number of carbonyl (C=O) groups excluding carboxylic acids is 1. The minimum atomic E-state index is 0.00484. The Kier molecular flexibility index (Phi) is 4.68. The van der Waals surface area contributed by atoms with Gasteiger partial charge in [0, 0.05) is 6.54 Å². The molecule has 136 valence electrons. The Balaban J connectivity index is 1.54. The summed E-state index contributed by atoms with van der Waals surface area (Å²) < 4.78 is 11.4. The molecule has 2 atom stereocenters. The van der Waals surface area contributed by atoms with Crippen molar-refractivity contribution < 1.29 is 13.6 Å². The topological polar surface area (TPSA) is 59.5 Å². The number of amides is 1. The quantitative estimate of drug-likeness (QED) is 0.659. The molecule has 0 spiro atoms. The van der Waals surface area contributed by atoms with Crippen LogP contribution in [-0.2, 0) is 11.2 Å². The summed E-state index contributed by atoms with van der Waals surface area (Å²) in [7, 11) is 0. The second-order valence-corrected chi connectivity index (χ2v) is 7.87. The first-order valence-electron chi connectivity index (χ1n) is 8.95. The standard InChI is InChI=1S/C20H22N2O3S/c1-13-7-8-22(16(11-13)17-5-3-9-24-17)19(23)12-15-14(2)25-20(21-15)18-6-4-10-26-18/h3-6,9-10,13,16H,7-8,11-12H2,1-2H3. The van der Waals surface area contributed by atoms with Gasteiger partial charge in [-0.15, -0.1) is 11.3 Å². The molecule has 2 unspecified atom stereocenters. The summed E-state index contributed by atoms with van der Waals surface area (Å²) >= 11 is 1.58. The van der Waals surface area contributed by atoms with Crippen molar-refractivity contribution >= 4 is 17.2 Å². The first-order valence-corrected chi connectivity index (χ1v) is 9.83. The number of aromatic nitrogens is 1. The van der Waals surface area contributed by atoms with E-state index in [2.05, 4.69) is 11.9 Å². The van der Waals surface area contributed by atoms with Gasteiger partial charge in [-0.2, -0.15) is 0 Å². The van der Waals surface area contributed by atoms with Gasteiger partial charge >= 0.3 is 0 Å². The largest absolute Gasteiger partial charge is 0.467 e. The normalized spacial score (nSPS) is 20.5. The van der Waals surface area contributed by atoms with E-state index in [-0.39, 0.29) is 18.4 Å². The zero-order valence-electron chi connectivity index (χ0n) is 15.0. The summed E-state index contributed by atoms with van der Waals surface area (Å²) in [6.07, 6.45) is 3.87. The Morgan fingerprint density at radius 1 is 1.38 bits per heavy atom. The summed E-state index contributed by atoms with van der Waals surface area (Å²) in [4.78, 5) is 20.5. The molecule has 4 rings (SSSR count). The van der Waals surface area contributed by atoms with Gasteiger partial charge in [0.2, 0.25) is 11.8 Å². The van der Waals surface area contributed by atoms with Gasteiger partial charge in [0.25, 0.3) is 0 Å². The molecule has 5 nitrogen and oxygen atoms in total. The van der Waals surface area contributed by atoms with E-state index in [0.717, 1.165) is 35.7 Å². The highest BCUT2D eigenvalue weighted by molar-refractivity contribution is 7.13. The third-order valence-corrected chi connectivity index (χ3v) is 5.86. The van der Waals surface area contributed by atoms with Crippen molar-refractivity contribution in [3.8, 4) is 10.8 Å². The van der Waals surface area contributed by atoms with Gasteiger partial charge < -0.3 is 13.7 Å². The SMILES string of the molecule is Cc1oc(-c2cccs2)nc1CC(=O)N1CCC(C)CC1c1ccco1. The Hall–Kier alpha value is -2.34. The number of nitrogens with zero attached hydrogens (tertiary/aromatic N) is 2. The van der Waals surface area contributed by atoms with Crippen molar-refractivity contribution in [2.75, 3.05) is 6.54 Å². The van der Waals surface area contributed by atoms with E-state index >= 15 is 0 Å². The molecule has 0 bridgehead atoms. The summed E-state index contributed by atoms with van der Waals surface area (Å²) in [5, 5.41) is 1.99. The Labute approximate surface area is 156 Å². The van der Waals surface area contributed by atoms with Crippen molar-refractivity contribution in [3.05, 3.63) is 53.1 Å². The molecule has 3 aromatic rings. The van der Waals surface area contributed by atoms with Gasteiger partial charge in [-0.25, -0.2) is 4.98 Å². The van der Waals surface area contributed by atoms with E-state index in [1.807, 2.05) is 41.5 Å². The fourth-order valence-corrected chi connectivity index (χ4v) is 4.18. The fraction of sp³-hybridized carbons (Fsp3) is 0.400. The van der Waals surface area contributed by atoms with Crippen molar-refractivity contribution in [2.24, 2.45) is 5.92 Å². The second kappa shape index (κ2) is 7.11. The van der Waals surface area contributed by atoms with Crippen molar-refractivity contribution in [1.82, 2.24) is 9.88 Å².